The van der Waals surface area contributed by atoms with Crippen molar-refractivity contribution in [2.75, 3.05) is 0 Å². The SMILES string of the molecule is C[C@@H]1[C@@H]2CC[C@H]1[C@H](OC(=O)/C=C/c1ccc(O)c(O)c1)C2. The number of rotatable bonds is 3. The van der Waals surface area contributed by atoms with Crippen LogP contribution in [-0.4, -0.2) is 22.3 Å². The first-order valence-corrected chi connectivity index (χ1v) is 7.45. The zero-order valence-electron chi connectivity index (χ0n) is 12.0. The highest BCUT2D eigenvalue weighted by molar-refractivity contribution is 5.87. The molecule has 2 N–H and O–H groups in total. The Morgan fingerprint density at radius 3 is 2.71 bits per heavy atom. The van der Waals surface area contributed by atoms with Crippen molar-refractivity contribution >= 4 is 12.0 Å². The van der Waals surface area contributed by atoms with Crippen LogP contribution in [-0.2, 0) is 9.53 Å². The predicted molar refractivity (Wildman–Crippen MR) is 78.7 cm³/mol. The zero-order valence-corrected chi connectivity index (χ0v) is 12.0. The molecule has 21 heavy (non-hydrogen) atoms. The Morgan fingerprint density at radius 2 is 2.10 bits per heavy atom. The minimum absolute atomic E-state index is 0.0594. The van der Waals surface area contributed by atoms with E-state index >= 15 is 0 Å². The second kappa shape index (κ2) is 5.43. The van der Waals surface area contributed by atoms with E-state index in [1.165, 1.54) is 31.1 Å². The lowest BCUT2D eigenvalue weighted by atomic mass is 9.97. The van der Waals surface area contributed by atoms with Crippen molar-refractivity contribution in [3.63, 3.8) is 0 Å². The third kappa shape index (κ3) is 2.75. The van der Waals surface area contributed by atoms with E-state index in [0.29, 0.717) is 23.3 Å². The third-order valence-electron chi connectivity index (χ3n) is 4.98. The van der Waals surface area contributed by atoms with Crippen LogP contribution in [0.1, 0.15) is 31.7 Å². The first-order valence-electron chi connectivity index (χ1n) is 7.45. The summed E-state index contributed by atoms with van der Waals surface area (Å²) in [6.45, 7) is 2.26. The van der Waals surface area contributed by atoms with Crippen molar-refractivity contribution in [3.05, 3.63) is 29.8 Å². The van der Waals surface area contributed by atoms with E-state index in [-0.39, 0.29) is 23.6 Å². The molecule has 2 aliphatic carbocycles. The van der Waals surface area contributed by atoms with E-state index in [0.717, 1.165) is 6.42 Å². The molecule has 3 rings (SSSR count). The third-order valence-corrected chi connectivity index (χ3v) is 4.98. The van der Waals surface area contributed by atoms with Crippen LogP contribution in [0.3, 0.4) is 0 Å². The summed E-state index contributed by atoms with van der Waals surface area (Å²) in [5, 5.41) is 18.6. The van der Waals surface area contributed by atoms with Crippen LogP contribution >= 0.6 is 0 Å². The number of phenolic OH excluding ortho intramolecular Hbond substituents is 2. The Labute approximate surface area is 124 Å². The number of ether oxygens (including phenoxy) is 1. The van der Waals surface area contributed by atoms with E-state index in [1.54, 1.807) is 12.1 Å². The van der Waals surface area contributed by atoms with Gasteiger partial charge in [-0.15, -0.1) is 0 Å². The molecule has 0 amide bonds. The molecule has 2 bridgehead atoms. The quantitative estimate of drug-likeness (QED) is 0.509. The summed E-state index contributed by atoms with van der Waals surface area (Å²) in [4.78, 5) is 11.9. The molecule has 4 nitrogen and oxygen atoms in total. The van der Waals surface area contributed by atoms with E-state index in [9.17, 15) is 15.0 Å². The first kappa shape index (κ1) is 14.0. The topological polar surface area (TPSA) is 66.8 Å². The van der Waals surface area contributed by atoms with Crippen molar-refractivity contribution in [1.82, 2.24) is 0 Å². The summed E-state index contributed by atoms with van der Waals surface area (Å²) >= 11 is 0. The average molecular weight is 288 g/mol. The highest BCUT2D eigenvalue weighted by Gasteiger charge is 2.47. The van der Waals surface area contributed by atoms with Gasteiger partial charge in [-0.1, -0.05) is 13.0 Å². The second-order valence-corrected chi connectivity index (χ2v) is 6.15. The van der Waals surface area contributed by atoms with E-state index in [1.807, 2.05) is 0 Å². The Hall–Kier alpha value is -1.97. The molecule has 0 aromatic heterocycles. The normalized spacial score (nSPS) is 30.9. The molecule has 1 aromatic rings. The van der Waals surface area contributed by atoms with Crippen molar-refractivity contribution in [1.29, 1.82) is 0 Å². The van der Waals surface area contributed by atoms with Gasteiger partial charge in [0.25, 0.3) is 0 Å². The lowest BCUT2D eigenvalue weighted by Crippen LogP contribution is -2.23. The number of phenols is 2. The zero-order chi connectivity index (χ0) is 15.0. The molecule has 2 aliphatic rings. The summed E-state index contributed by atoms with van der Waals surface area (Å²) in [6.07, 6.45) is 6.44. The number of carbonyl (C=O) groups excluding carboxylic acids is 1. The summed E-state index contributed by atoms with van der Waals surface area (Å²) in [5.74, 6) is 1.18. The number of carbonyl (C=O) groups is 1. The van der Waals surface area contributed by atoms with Crippen molar-refractivity contribution in [2.24, 2.45) is 17.8 Å². The highest BCUT2D eigenvalue weighted by atomic mass is 16.5. The van der Waals surface area contributed by atoms with Crippen molar-refractivity contribution in [3.8, 4) is 11.5 Å². The molecule has 1 aromatic carbocycles. The first-order chi connectivity index (χ1) is 10.0. The second-order valence-electron chi connectivity index (χ2n) is 6.15. The Morgan fingerprint density at radius 1 is 1.29 bits per heavy atom. The molecule has 0 radical (unpaired) electrons. The molecule has 4 atom stereocenters. The fraction of sp³-hybridized carbons (Fsp3) is 0.471. The van der Waals surface area contributed by atoms with Gasteiger partial charge in [0.05, 0.1) is 0 Å². The average Bonchev–Trinajstić information content (AvgIpc) is 2.95. The monoisotopic (exact) mass is 288 g/mol. The van der Waals surface area contributed by atoms with Gasteiger partial charge < -0.3 is 14.9 Å². The van der Waals surface area contributed by atoms with E-state index < -0.39 is 0 Å². The van der Waals surface area contributed by atoms with Gasteiger partial charge in [-0.25, -0.2) is 4.79 Å². The molecule has 2 saturated carbocycles. The van der Waals surface area contributed by atoms with Gasteiger partial charge in [-0.3, -0.25) is 0 Å². The lowest BCUT2D eigenvalue weighted by Gasteiger charge is -2.21. The van der Waals surface area contributed by atoms with Crippen LogP contribution in [0.5, 0.6) is 11.5 Å². The molecule has 0 spiro atoms. The maximum Gasteiger partial charge on any atom is 0.331 e. The Bertz CT molecular complexity index is 578. The predicted octanol–water partition coefficient (Wildman–Crippen LogP) is 3.09. The van der Waals surface area contributed by atoms with Crippen LogP contribution < -0.4 is 0 Å². The van der Waals surface area contributed by atoms with Crippen LogP contribution in [0.25, 0.3) is 6.08 Å². The minimum Gasteiger partial charge on any atom is -0.504 e. The Balaban J connectivity index is 1.59. The standard InChI is InChI=1S/C17H20O4/c1-10-12-4-5-13(10)16(9-12)21-17(20)7-3-11-2-6-14(18)15(19)8-11/h2-3,6-8,10,12-13,16,18-19H,4-5,9H2,1H3/b7-3+/t10-,12-,13-,16-/m1/s1. The summed E-state index contributed by atoms with van der Waals surface area (Å²) in [6, 6.07) is 4.41. The molecule has 4 heteroatoms. The van der Waals surface area contributed by atoms with Crippen LogP contribution in [0.15, 0.2) is 24.3 Å². The summed E-state index contributed by atoms with van der Waals surface area (Å²) in [5.41, 5.74) is 0.642. The Kier molecular flexibility index (Phi) is 3.62. The molecule has 0 heterocycles. The minimum atomic E-state index is -0.340. The molecule has 0 aliphatic heterocycles. The molecule has 0 saturated heterocycles. The van der Waals surface area contributed by atoms with Gasteiger partial charge in [-0.05, 0) is 60.8 Å². The summed E-state index contributed by atoms with van der Waals surface area (Å²) < 4.78 is 5.55. The molecule has 112 valence electrons. The smallest absolute Gasteiger partial charge is 0.331 e. The maximum absolute atomic E-state index is 11.9. The maximum atomic E-state index is 11.9. The molecule has 0 unspecified atom stereocenters. The van der Waals surface area contributed by atoms with Crippen molar-refractivity contribution < 1.29 is 19.7 Å². The number of hydrogen-bond donors (Lipinski definition) is 2. The van der Waals surface area contributed by atoms with Gasteiger partial charge >= 0.3 is 5.97 Å². The largest absolute Gasteiger partial charge is 0.504 e. The van der Waals surface area contributed by atoms with Crippen LogP contribution in [0.2, 0.25) is 0 Å². The van der Waals surface area contributed by atoms with Gasteiger partial charge in [0.15, 0.2) is 11.5 Å². The molecular formula is C17H20O4. The fourth-order valence-electron chi connectivity index (χ4n) is 3.74. The van der Waals surface area contributed by atoms with Crippen LogP contribution in [0.4, 0.5) is 0 Å². The molecular weight excluding hydrogens is 268 g/mol. The number of fused-ring (bicyclic) bond motifs is 2. The van der Waals surface area contributed by atoms with Gasteiger partial charge in [0.1, 0.15) is 6.10 Å². The number of esters is 1. The van der Waals surface area contributed by atoms with Gasteiger partial charge in [0, 0.05) is 6.08 Å². The van der Waals surface area contributed by atoms with Gasteiger partial charge in [0.2, 0.25) is 0 Å². The molecule has 2 fully saturated rings. The van der Waals surface area contributed by atoms with Gasteiger partial charge in [-0.2, -0.15) is 0 Å². The van der Waals surface area contributed by atoms with Crippen LogP contribution in [0, 0.1) is 17.8 Å². The lowest BCUT2D eigenvalue weighted by molar-refractivity contribution is -0.145. The van der Waals surface area contributed by atoms with E-state index in [4.69, 9.17) is 4.74 Å². The number of benzene rings is 1. The van der Waals surface area contributed by atoms with E-state index in [2.05, 4.69) is 6.92 Å². The number of aromatic hydroxyl groups is 2. The summed E-state index contributed by atoms with van der Waals surface area (Å²) in [7, 11) is 0. The fourth-order valence-corrected chi connectivity index (χ4v) is 3.74. The number of hydrogen-bond acceptors (Lipinski definition) is 4. The van der Waals surface area contributed by atoms with Crippen molar-refractivity contribution in [2.45, 2.75) is 32.3 Å². The highest BCUT2D eigenvalue weighted by Crippen LogP contribution is 2.50.